The van der Waals surface area contributed by atoms with E-state index in [0.29, 0.717) is 6.04 Å². The summed E-state index contributed by atoms with van der Waals surface area (Å²) in [7, 11) is 0. The topological polar surface area (TPSA) is 18.5 Å². The molecule has 7 rings (SSSR count). The molecule has 0 aliphatic heterocycles. The zero-order chi connectivity index (χ0) is 46.5. The van der Waals surface area contributed by atoms with Crippen LogP contribution in [0.5, 0.6) is 0 Å². The lowest BCUT2D eigenvalue weighted by molar-refractivity contribution is 0.291. The molecule has 66 heavy (non-hydrogen) atoms. The summed E-state index contributed by atoms with van der Waals surface area (Å²) in [6.45, 7) is 24.4. The Balaban J connectivity index is 0.000000979. The van der Waals surface area contributed by atoms with Crippen LogP contribution in [0.1, 0.15) is 116 Å². The quantitative estimate of drug-likeness (QED) is 0.113. The van der Waals surface area contributed by atoms with Gasteiger partial charge in [0.15, 0.2) is 0 Å². The van der Waals surface area contributed by atoms with Gasteiger partial charge in [0.2, 0.25) is 0 Å². The van der Waals surface area contributed by atoms with Gasteiger partial charge in [-0.3, -0.25) is 0 Å². The summed E-state index contributed by atoms with van der Waals surface area (Å²) in [6.07, 6.45) is 34.4. The molecular formula is C61H83I2N3. The molecule has 3 atom stereocenters. The number of halogens is 2. The molecule has 5 heteroatoms. The van der Waals surface area contributed by atoms with E-state index in [1.807, 2.05) is 58.0 Å². The highest BCUT2D eigenvalue weighted by molar-refractivity contribution is 14.0. The van der Waals surface area contributed by atoms with Gasteiger partial charge in [-0.15, -0.1) is 48.0 Å². The van der Waals surface area contributed by atoms with E-state index in [0.717, 1.165) is 44.6 Å². The van der Waals surface area contributed by atoms with Gasteiger partial charge in [-0.2, -0.15) is 0 Å². The van der Waals surface area contributed by atoms with Crippen molar-refractivity contribution in [2.45, 2.75) is 126 Å². The molecule has 1 N–H and O–H groups in total. The third kappa shape index (κ3) is 21.1. The van der Waals surface area contributed by atoms with Crippen LogP contribution in [-0.2, 0) is 6.42 Å². The summed E-state index contributed by atoms with van der Waals surface area (Å²) in [6, 6.07) is 39.5. The molecular weight excluding hydrogens is 1030 g/mol. The van der Waals surface area contributed by atoms with Crippen molar-refractivity contribution >= 4 is 59.3 Å². The molecule has 0 spiro atoms. The summed E-state index contributed by atoms with van der Waals surface area (Å²) < 4.78 is 0. The normalized spacial score (nSPS) is 16.7. The van der Waals surface area contributed by atoms with Crippen LogP contribution in [0.25, 0.3) is 0 Å². The first-order valence-electron chi connectivity index (χ1n) is 24.0. The maximum atomic E-state index is 3.83. The lowest BCUT2D eigenvalue weighted by Crippen LogP contribution is -2.34. The second-order valence-corrected chi connectivity index (χ2v) is 16.9. The van der Waals surface area contributed by atoms with E-state index >= 15 is 0 Å². The van der Waals surface area contributed by atoms with E-state index in [2.05, 4.69) is 221 Å². The van der Waals surface area contributed by atoms with E-state index in [-0.39, 0.29) is 59.9 Å². The van der Waals surface area contributed by atoms with Crippen LogP contribution < -0.4 is 10.2 Å². The third-order valence-electron chi connectivity index (χ3n) is 10.8. The summed E-state index contributed by atoms with van der Waals surface area (Å²) in [5.41, 5.74) is 11.6. The zero-order valence-corrected chi connectivity index (χ0v) is 46.8. The third-order valence-corrected chi connectivity index (χ3v) is 10.8. The Morgan fingerprint density at radius 1 is 0.758 bits per heavy atom. The van der Waals surface area contributed by atoms with Crippen LogP contribution >= 0.6 is 48.0 Å². The van der Waals surface area contributed by atoms with Crippen molar-refractivity contribution in [3.8, 4) is 0 Å². The molecule has 3 unspecified atom stereocenters. The second kappa shape index (κ2) is 34.9. The van der Waals surface area contributed by atoms with Gasteiger partial charge >= 0.3 is 0 Å². The fourth-order valence-electron chi connectivity index (χ4n) is 7.48. The first-order chi connectivity index (χ1) is 31.1. The van der Waals surface area contributed by atoms with E-state index < -0.39 is 0 Å². The number of benzene rings is 4. The Kier molecular flexibility index (Phi) is 31.6. The Hall–Kier alpha value is -4.34. The summed E-state index contributed by atoms with van der Waals surface area (Å²) in [5, 5.41) is 3.83. The van der Waals surface area contributed by atoms with Gasteiger partial charge in [0.05, 0.1) is 12.1 Å². The number of para-hydroxylation sites is 1. The monoisotopic (exact) mass is 1110 g/mol. The van der Waals surface area contributed by atoms with Crippen LogP contribution in [0, 0.1) is 19.8 Å². The van der Waals surface area contributed by atoms with Crippen LogP contribution in [0.2, 0.25) is 0 Å². The molecule has 0 radical (unpaired) electrons. The van der Waals surface area contributed by atoms with Gasteiger partial charge in [0, 0.05) is 40.9 Å². The zero-order valence-electron chi connectivity index (χ0n) is 42.2. The number of nitrogens with zero attached hydrogens (tertiary/aromatic N) is 2. The maximum Gasteiger partial charge on any atom is 0.0547 e. The van der Waals surface area contributed by atoms with Crippen molar-refractivity contribution in [3.63, 3.8) is 0 Å². The molecule has 0 heterocycles. The Labute approximate surface area is 437 Å². The lowest BCUT2D eigenvalue weighted by Gasteiger charge is -2.35. The SMILES string of the molecule is C/C=C\C.CC.CC(C)C.CCCN(/C(C)=C/Cc1ccccc1C)C1C=CC(N(c2ccccc2)c2cccc(C3C=CC=CC3NC3=CC=CCC3)c2)=CC1.Cc1ccccc1.I.I. The number of hydrogen-bond donors (Lipinski definition) is 1. The predicted octanol–water partition coefficient (Wildman–Crippen LogP) is 18.1. The number of anilines is 2. The molecule has 3 nitrogen and oxygen atoms in total. The standard InChI is InChI=1S/C44H49N3.C7H8.C4H10.C4H8.C2H6.2HI/c1-4-32-46(35(3)26-27-36-17-12-11-16-34(36)2)39-28-30-41(31-29-39)47(40-21-9-6-10-22-40)42-23-15-18-37(33-42)43-24-13-14-25-44(43)45-38-19-7-5-8-20-38;1-7-5-3-2-4-6-7;1-4(2)3;1-3-4-2;1-2;;/h5-7,9-19,21-26,28,30-31,33,39,43-45H,4,8,20,27,29,32H2,1-3H3;2-6H,1H3;4H,1-3H3;3-4H,1-2H3;1-2H3;2*1H/b35-26+;;;4-3-;;;. The number of aryl methyl sites for hydroxylation is 2. The Morgan fingerprint density at radius 3 is 1.94 bits per heavy atom. The molecule has 0 saturated carbocycles. The van der Waals surface area contributed by atoms with Gasteiger partial charge in [-0.25, -0.2) is 0 Å². The molecule has 0 saturated heterocycles. The molecule has 4 aromatic carbocycles. The van der Waals surface area contributed by atoms with Crippen molar-refractivity contribution < 1.29 is 0 Å². The van der Waals surface area contributed by atoms with Gasteiger partial charge in [0.1, 0.15) is 0 Å². The summed E-state index contributed by atoms with van der Waals surface area (Å²) in [5.74, 6) is 1.08. The number of allylic oxidation sites excluding steroid dienone is 11. The molecule has 3 aliphatic rings. The van der Waals surface area contributed by atoms with E-state index in [4.69, 9.17) is 0 Å². The van der Waals surface area contributed by atoms with Crippen molar-refractivity contribution in [2.24, 2.45) is 5.92 Å². The van der Waals surface area contributed by atoms with Crippen LogP contribution in [-0.4, -0.2) is 23.5 Å². The molecule has 0 fully saturated rings. The average molecular weight is 1110 g/mol. The fraction of sp³-hybridized carbons (Fsp3) is 0.344. The molecule has 4 aromatic rings. The minimum Gasteiger partial charge on any atom is -0.381 e. The fourth-order valence-corrected chi connectivity index (χ4v) is 7.48. The average Bonchev–Trinajstić information content (AvgIpc) is 3.33. The highest BCUT2D eigenvalue weighted by Crippen LogP contribution is 2.36. The van der Waals surface area contributed by atoms with Crippen molar-refractivity contribution in [1.29, 1.82) is 0 Å². The summed E-state index contributed by atoms with van der Waals surface area (Å²) in [4.78, 5) is 5.00. The summed E-state index contributed by atoms with van der Waals surface area (Å²) >= 11 is 0. The predicted molar refractivity (Wildman–Crippen MR) is 315 cm³/mol. The molecule has 0 aromatic heterocycles. The van der Waals surface area contributed by atoms with Crippen LogP contribution in [0.4, 0.5) is 11.4 Å². The number of hydrogen-bond acceptors (Lipinski definition) is 3. The van der Waals surface area contributed by atoms with E-state index in [1.165, 1.54) is 50.7 Å². The van der Waals surface area contributed by atoms with Crippen molar-refractivity contribution in [1.82, 2.24) is 10.2 Å². The molecule has 0 amide bonds. The Morgan fingerprint density at radius 2 is 1.38 bits per heavy atom. The molecule has 0 bridgehead atoms. The number of nitrogens with one attached hydrogen (secondary N) is 1. The maximum absolute atomic E-state index is 3.83. The first kappa shape index (κ1) is 59.7. The lowest BCUT2D eigenvalue weighted by atomic mass is 9.87. The Bertz CT molecular complexity index is 2150. The second-order valence-electron chi connectivity index (χ2n) is 16.9. The minimum absolute atomic E-state index is 0. The highest BCUT2D eigenvalue weighted by Gasteiger charge is 2.24. The van der Waals surface area contributed by atoms with Gasteiger partial charge in [-0.05, 0) is 126 Å². The van der Waals surface area contributed by atoms with Crippen LogP contribution in [0.3, 0.4) is 0 Å². The molecule has 3 aliphatic carbocycles. The van der Waals surface area contributed by atoms with E-state index in [1.54, 1.807) is 0 Å². The highest BCUT2D eigenvalue weighted by atomic mass is 127. The smallest absolute Gasteiger partial charge is 0.0547 e. The van der Waals surface area contributed by atoms with Crippen molar-refractivity contribution in [2.75, 3.05) is 11.4 Å². The van der Waals surface area contributed by atoms with Crippen LogP contribution in [0.15, 0.2) is 205 Å². The minimum atomic E-state index is 0. The van der Waals surface area contributed by atoms with Gasteiger partial charge in [-0.1, -0.05) is 199 Å². The largest absolute Gasteiger partial charge is 0.381 e. The number of rotatable bonds is 12. The molecule has 356 valence electrons. The van der Waals surface area contributed by atoms with Gasteiger partial charge < -0.3 is 15.1 Å². The van der Waals surface area contributed by atoms with E-state index in [9.17, 15) is 0 Å². The van der Waals surface area contributed by atoms with Gasteiger partial charge in [0.25, 0.3) is 0 Å². The first-order valence-corrected chi connectivity index (χ1v) is 24.0. The van der Waals surface area contributed by atoms with Crippen molar-refractivity contribution in [3.05, 3.63) is 228 Å².